The van der Waals surface area contributed by atoms with E-state index >= 15 is 0 Å². The Balaban J connectivity index is 2.03. The number of hydrogen-bond acceptors (Lipinski definition) is 3. The van der Waals surface area contributed by atoms with Crippen molar-refractivity contribution in [3.63, 3.8) is 0 Å². The molecule has 27 heavy (non-hydrogen) atoms. The van der Waals surface area contributed by atoms with Gasteiger partial charge in [-0.05, 0) is 24.5 Å². The molecule has 0 aliphatic carbocycles. The summed E-state index contributed by atoms with van der Waals surface area (Å²) in [7, 11) is -3.83. The van der Waals surface area contributed by atoms with Crippen molar-refractivity contribution in [1.29, 1.82) is 0 Å². The summed E-state index contributed by atoms with van der Waals surface area (Å²) in [6.45, 7) is 2.26. The van der Waals surface area contributed by atoms with E-state index in [4.69, 9.17) is 11.9 Å². The third-order valence-electron chi connectivity index (χ3n) is 5.12. The van der Waals surface area contributed by atoms with Gasteiger partial charge in [0.05, 0.1) is 16.8 Å². The summed E-state index contributed by atoms with van der Waals surface area (Å²) in [5.74, 6) is 0. The van der Waals surface area contributed by atoms with Gasteiger partial charge in [-0.2, -0.15) is 12.2 Å². The summed E-state index contributed by atoms with van der Waals surface area (Å²) in [6.07, 6.45) is 19.1. The van der Waals surface area contributed by atoms with E-state index in [1.54, 1.807) is 12.1 Å². The van der Waals surface area contributed by atoms with Crippen molar-refractivity contribution < 1.29 is 12.2 Å². The number of aryl methyl sites for hydroxylation is 1. The van der Waals surface area contributed by atoms with Gasteiger partial charge in [0.25, 0.3) is 0 Å². The molecule has 1 aromatic rings. The van der Waals surface area contributed by atoms with Crippen LogP contribution in [0.5, 0.6) is 0 Å². The predicted octanol–water partition coefficient (Wildman–Crippen LogP) is 7.57. The standard InChI is InChI=1S/C22H37ClO3S/c1-2-3-4-5-6-7-8-9-10-11-12-13-14-15-18-21-19-16-17-20-22(21)27(24,25)26-23/h16-17,19-20H,2-15,18H2,1H3. The Morgan fingerprint density at radius 1 is 0.741 bits per heavy atom. The minimum absolute atomic E-state index is 0.190. The van der Waals surface area contributed by atoms with Crippen LogP contribution in [0, 0.1) is 0 Å². The lowest BCUT2D eigenvalue weighted by atomic mass is 10.0. The van der Waals surface area contributed by atoms with E-state index in [0.717, 1.165) is 24.8 Å². The van der Waals surface area contributed by atoms with Crippen LogP contribution < -0.4 is 0 Å². The SMILES string of the molecule is CCCCCCCCCCCCCCCCc1ccccc1S(=O)(=O)OCl. The molecule has 0 aromatic heterocycles. The quantitative estimate of drug-likeness (QED) is 0.246. The number of benzene rings is 1. The number of rotatable bonds is 17. The first kappa shape index (κ1) is 24.5. The summed E-state index contributed by atoms with van der Waals surface area (Å²) in [6, 6.07) is 6.94. The van der Waals surface area contributed by atoms with Crippen molar-refractivity contribution in [1.82, 2.24) is 0 Å². The van der Waals surface area contributed by atoms with E-state index in [9.17, 15) is 8.42 Å². The Kier molecular flexibility index (Phi) is 13.9. The number of hydrogen-bond donors (Lipinski definition) is 0. The fourth-order valence-corrected chi connectivity index (χ4v) is 4.51. The monoisotopic (exact) mass is 416 g/mol. The molecular formula is C22H37ClO3S. The summed E-state index contributed by atoms with van der Waals surface area (Å²) in [4.78, 5) is 0.190. The molecule has 0 amide bonds. The fourth-order valence-electron chi connectivity index (χ4n) is 3.50. The highest BCUT2D eigenvalue weighted by molar-refractivity contribution is 7.87. The molecule has 3 nitrogen and oxygen atoms in total. The van der Waals surface area contributed by atoms with Gasteiger partial charge < -0.3 is 0 Å². The van der Waals surface area contributed by atoms with Crippen LogP contribution in [0.4, 0.5) is 0 Å². The molecule has 156 valence electrons. The Morgan fingerprint density at radius 2 is 1.19 bits per heavy atom. The number of unbranched alkanes of at least 4 members (excludes halogenated alkanes) is 13. The molecule has 0 atom stereocenters. The minimum atomic E-state index is -3.83. The zero-order valence-electron chi connectivity index (χ0n) is 16.9. The van der Waals surface area contributed by atoms with Crippen molar-refractivity contribution in [3.05, 3.63) is 29.8 Å². The maximum absolute atomic E-state index is 11.8. The van der Waals surface area contributed by atoms with Crippen molar-refractivity contribution in [2.45, 2.75) is 108 Å². The first-order chi connectivity index (χ1) is 13.1. The van der Waals surface area contributed by atoms with Gasteiger partial charge in [0.15, 0.2) is 0 Å². The second-order valence-corrected chi connectivity index (χ2v) is 9.32. The van der Waals surface area contributed by atoms with Crippen molar-refractivity contribution >= 4 is 22.0 Å². The van der Waals surface area contributed by atoms with Crippen LogP contribution >= 0.6 is 11.9 Å². The molecule has 0 radical (unpaired) electrons. The van der Waals surface area contributed by atoms with E-state index in [-0.39, 0.29) is 4.90 Å². The molecule has 0 aliphatic rings. The average molecular weight is 417 g/mol. The largest absolute Gasteiger partial charge is 0.313 e. The highest BCUT2D eigenvalue weighted by Crippen LogP contribution is 2.21. The molecule has 0 unspecified atom stereocenters. The molecular weight excluding hydrogens is 380 g/mol. The molecule has 0 heterocycles. The van der Waals surface area contributed by atoms with Gasteiger partial charge in [0.1, 0.15) is 0 Å². The van der Waals surface area contributed by atoms with Gasteiger partial charge in [-0.25, -0.2) is 0 Å². The van der Waals surface area contributed by atoms with Gasteiger partial charge in [-0.3, -0.25) is 0 Å². The van der Waals surface area contributed by atoms with Crippen LogP contribution in [0.1, 0.15) is 102 Å². The zero-order valence-corrected chi connectivity index (χ0v) is 18.5. The van der Waals surface area contributed by atoms with Gasteiger partial charge in [0.2, 0.25) is 0 Å². The molecule has 0 aliphatic heterocycles. The Hall–Kier alpha value is -0.580. The second kappa shape index (κ2) is 15.4. The molecule has 5 heteroatoms. The van der Waals surface area contributed by atoms with E-state index in [0.29, 0.717) is 0 Å². The van der Waals surface area contributed by atoms with Crippen molar-refractivity contribution in [2.75, 3.05) is 0 Å². The topological polar surface area (TPSA) is 43.4 Å². The highest BCUT2D eigenvalue weighted by Gasteiger charge is 2.18. The van der Waals surface area contributed by atoms with Gasteiger partial charge in [0, 0.05) is 0 Å². The molecule has 1 rings (SSSR count). The lowest BCUT2D eigenvalue weighted by Gasteiger charge is -2.08. The fraction of sp³-hybridized carbons (Fsp3) is 0.727. The minimum Gasteiger partial charge on any atom is -0.193 e. The zero-order chi connectivity index (χ0) is 19.8. The van der Waals surface area contributed by atoms with Crippen LogP contribution in [-0.2, 0) is 20.3 Å². The van der Waals surface area contributed by atoms with Crippen LogP contribution in [0.15, 0.2) is 29.2 Å². The first-order valence-corrected chi connectivity index (χ1v) is 12.5. The molecule has 0 saturated carbocycles. The molecule has 0 spiro atoms. The van der Waals surface area contributed by atoms with Gasteiger partial charge in [-0.15, -0.1) is 0 Å². The van der Waals surface area contributed by atoms with Crippen LogP contribution in [0.3, 0.4) is 0 Å². The summed E-state index contributed by atoms with van der Waals surface area (Å²) < 4.78 is 27.8. The first-order valence-electron chi connectivity index (χ1n) is 10.7. The van der Waals surface area contributed by atoms with E-state index in [2.05, 4.69) is 10.7 Å². The van der Waals surface area contributed by atoms with Crippen LogP contribution in [-0.4, -0.2) is 8.42 Å². The third-order valence-corrected chi connectivity index (χ3v) is 6.72. The van der Waals surface area contributed by atoms with Crippen LogP contribution in [0.25, 0.3) is 0 Å². The molecule has 0 fully saturated rings. The average Bonchev–Trinajstić information content (AvgIpc) is 2.68. The van der Waals surface area contributed by atoms with Gasteiger partial charge >= 0.3 is 10.1 Å². The molecule has 0 saturated heterocycles. The lowest BCUT2D eigenvalue weighted by molar-refractivity contribution is 0.507. The molecule has 0 N–H and O–H groups in total. The summed E-state index contributed by atoms with van der Waals surface area (Å²) >= 11 is 5.10. The van der Waals surface area contributed by atoms with E-state index < -0.39 is 10.1 Å². The van der Waals surface area contributed by atoms with Crippen LogP contribution in [0.2, 0.25) is 0 Å². The Morgan fingerprint density at radius 3 is 1.67 bits per heavy atom. The summed E-state index contributed by atoms with van der Waals surface area (Å²) in [5, 5.41) is 0. The smallest absolute Gasteiger partial charge is 0.193 e. The number of halogens is 1. The van der Waals surface area contributed by atoms with Crippen molar-refractivity contribution in [3.8, 4) is 0 Å². The maximum Gasteiger partial charge on any atom is 0.313 e. The van der Waals surface area contributed by atoms with E-state index in [1.807, 2.05) is 12.1 Å². The predicted molar refractivity (Wildman–Crippen MR) is 115 cm³/mol. The Labute approximate surface area is 172 Å². The summed E-state index contributed by atoms with van der Waals surface area (Å²) in [5.41, 5.74) is 0.789. The maximum atomic E-state index is 11.8. The van der Waals surface area contributed by atoms with Gasteiger partial charge in [-0.1, -0.05) is 109 Å². The Bertz CT molecular complexity index is 587. The van der Waals surface area contributed by atoms with E-state index in [1.165, 1.54) is 77.0 Å². The molecule has 0 bridgehead atoms. The van der Waals surface area contributed by atoms with Crippen molar-refractivity contribution in [2.24, 2.45) is 0 Å². The highest BCUT2D eigenvalue weighted by atomic mass is 35.5. The lowest BCUT2D eigenvalue weighted by Crippen LogP contribution is -2.04. The normalized spacial score (nSPS) is 11.8. The third kappa shape index (κ3) is 11.1. The second-order valence-electron chi connectivity index (χ2n) is 7.47. The molecule has 1 aromatic carbocycles.